The molecular formula is C20H24N2O7. The van der Waals surface area contributed by atoms with Crippen molar-refractivity contribution in [1.82, 2.24) is 4.98 Å². The van der Waals surface area contributed by atoms with Crippen molar-refractivity contribution in [3.8, 4) is 22.6 Å². The maximum atomic E-state index is 12.3. The van der Waals surface area contributed by atoms with E-state index >= 15 is 0 Å². The number of aromatic amines is 1. The highest BCUT2D eigenvalue weighted by Crippen LogP contribution is 2.41. The summed E-state index contributed by atoms with van der Waals surface area (Å²) in [6.45, 7) is 2.40. The van der Waals surface area contributed by atoms with E-state index in [2.05, 4.69) is 11.9 Å². The normalized spacial score (nSPS) is 10.6. The summed E-state index contributed by atoms with van der Waals surface area (Å²) in [5, 5.41) is 19.2. The summed E-state index contributed by atoms with van der Waals surface area (Å²) in [5.74, 6) is -3.07. The van der Waals surface area contributed by atoms with E-state index in [-0.39, 0.29) is 22.6 Å². The average molecular weight is 404 g/mol. The zero-order valence-electron chi connectivity index (χ0n) is 16.3. The highest BCUT2D eigenvalue weighted by molar-refractivity contribution is 6.08. The molecule has 1 heterocycles. The Morgan fingerprint density at radius 3 is 2.38 bits per heavy atom. The lowest BCUT2D eigenvalue weighted by Crippen LogP contribution is -2.24. The number of rotatable bonds is 10. The maximum Gasteiger partial charge on any atom is 0.342 e. The smallest absolute Gasteiger partial charge is 0.342 e. The first-order chi connectivity index (χ1) is 13.8. The maximum absolute atomic E-state index is 12.3. The first-order valence-electron chi connectivity index (χ1n) is 9.15. The SMILES string of the molecule is CCCCCCOc1c(OC)cccc1-c1c(C(=O)O)c(N)[nH]c(=O)c1C(=O)O. The van der Waals surface area contributed by atoms with Gasteiger partial charge in [0.25, 0.3) is 5.56 Å². The number of anilines is 1. The minimum absolute atomic E-state index is 0.104. The van der Waals surface area contributed by atoms with Crippen LogP contribution in [0.5, 0.6) is 11.5 Å². The minimum Gasteiger partial charge on any atom is -0.493 e. The molecule has 9 nitrogen and oxygen atoms in total. The van der Waals surface area contributed by atoms with Crippen molar-refractivity contribution in [3.63, 3.8) is 0 Å². The van der Waals surface area contributed by atoms with Crippen LogP contribution in [0.4, 0.5) is 5.82 Å². The van der Waals surface area contributed by atoms with Crippen LogP contribution in [0, 0.1) is 0 Å². The van der Waals surface area contributed by atoms with Crippen molar-refractivity contribution in [2.24, 2.45) is 0 Å². The number of nitrogens with two attached hydrogens (primary N) is 1. The molecule has 0 aliphatic heterocycles. The van der Waals surface area contributed by atoms with Gasteiger partial charge in [-0.1, -0.05) is 38.3 Å². The molecule has 0 saturated heterocycles. The fraction of sp³-hybridized carbons (Fsp3) is 0.350. The highest BCUT2D eigenvalue weighted by atomic mass is 16.5. The van der Waals surface area contributed by atoms with Crippen molar-refractivity contribution in [2.75, 3.05) is 19.5 Å². The Morgan fingerprint density at radius 1 is 1.10 bits per heavy atom. The molecule has 9 heteroatoms. The predicted molar refractivity (Wildman–Crippen MR) is 107 cm³/mol. The second kappa shape index (κ2) is 9.63. The summed E-state index contributed by atoms with van der Waals surface area (Å²) in [5.41, 5.74) is 3.22. The third-order valence-corrected chi connectivity index (χ3v) is 4.38. The van der Waals surface area contributed by atoms with Crippen molar-refractivity contribution >= 4 is 17.8 Å². The van der Waals surface area contributed by atoms with Crippen LogP contribution in [-0.2, 0) is 0 Å². The van der Waals surface area contributed by atoms with Crippen LogP contribution in [0.25, 0.3) is 11.1 Å². The second-order valence-corrected chi connectivity index (χ2v) is 6.35. The number of ether oxygens (including phenoxy) is 2. The molecule has 5 N–H and O–H groups in total. The topological polar surface area (TPSA) is 152 Å². The van der Waals surface area contributed by atoms with Crippen LogP contribution >= 0.6 is 0 Å². The Morgan fingerprint density at radius 2 is 1.79 bits per heavy atom. The van der Waals surface area contributed by atoms with E-state index in [1.807, 2.05) is 0 Å². The number of aromatic carboxylic acids is 2. The van der Waals surface area contributed by atoms with Gasteiger partial charge in [-0.05, 0) is 12.5 Å². The molecular weight excluding hydrogens is 380 g/mol. The lowest BCUT2D eigenvalue weighted by Gasteiger charge is -2.18. The van der Waals surface area contributed by atoms with Crippen molar-refractivity contribution in [1.29, 1.82) is 0 Å². The van der Waals surface area contributed by atoms with Gasteiger partial charge in [0.05, 0.1) is 13.7 Å². The molecule has 0 fully saturated rings. The summed E-state index contributed by atoms with van der Waals surface area (Å²) in [4.78, 5) is 38.0. The van der Waals surface area contributed by atoms with E-state index in [4.69, 9.17) is 15.2 Å². The van der Waals surface area contributed by atoms with Gasteiger partial charge in [-0.25, -0.2) is 9.59 Å². The number of hydrogen-bond acceptors (Lipinski definition) is 6. The largest absolute Gasteiger partial charge is 0.493 e. The number of carboxylic acid groups (broad SMARTS) is 2. The standard InChI is InChI=1S/C20H24N2O7/c1-3-4-5-6-10-29-16-11(8-7-9-12(16)28-2)13-14(19(24)25)17(21)22-18(23)15(13)20(26)27/h7-9H,3-6,10H2,1-2H3,(H,24,25)(H,26,27)(H3,21,22,23). The lowest BCUT2D eigenvalue weighted by molar-refractivity contribution is 0.0695. The molecule has 156 valence electrons. The molecule has 29 heavy (non-hydrogen) atoms. The van der Waals surface area contributed by atoms with E-state index in [1.165, 1.54) is 13.2 Å². The molecule has 0 aliphatic carbocycles. The zero-order valence-corrected chi connectivity index (χ0v) is 16.3. The van der Waals surface area contributed by atoms with Gasteiger partial charge in [0, 0.05) is 11.1 Å². The molecule has 0 bridgehead atoms. The van der Waals surface area contributed by atoms with Gasteiger partial charge < -0.3 is 30.4 Å². The predicted octanol–water partition coefficient (Wildman–Crippen LogP) is 2.99. The van der Waals surface area contributed by atoms with E-state index in [1.54, 1.807) is 12.1 Å². The van der Waals surface area contributed by atoms with E-state index in [0.717, 1.165) is 25.7 Å². The molecule has 0 atom stereocenters. The van der Waals surface area contributed by atoms with Gasteiger partial charge in [0.2, 0.25) is 0 Å². The number of nitrogens with one attached hydrogen (secondary N) is 1. The number of pyridine rings is 1. The van der Waals surface area contributed by atoms with Gasteiger partial charge in [-0.15, -0.1) is 0 Å². The number of H-pyrrole nitrogens is 1. The van der Waals surface area contributed by atoms with E-state index in [0.29, 0.717) is 6.61 Å². The first kappa shape index (κ1) is 21.8. The number of hydrogen-bond donors (Lipinski definition) is 4. The Labute approximate surface area is 167 Å². The average Bonchev–Trinajstić information content (AvgIpc) is 2.66. The molecule has 0 saturated carbocycles. The van der Waals surface area contributed by atoms with Crippen molar-refractivity contribution < 1.29 is 29.3 Å². The van der Waals surface area contributed by atoms with Crippen LogP contribution in [0.15, 0.2) is 23.0 Å². The third kappa shape index (κ3) is 4.68. The minimum atomic E-state index is -1.58. The number of carboxylic acids is 2. The van der Waals surface area contributed by atoms with Gasteiger partial charge in [0.15, 0.2) is 11.5 Å². The summed E-state index contributed by atoms with van der Waals surface area (Å²) >= 11 is 0. The van der Waals surface area contributed by atoms with Crippen LogP contribution < -0.4 is 20.8 Å². The number of nitrogen functional groups attached to an aromatic ring is 1. The van der Waals surface area contributed by atoms with Crippen LogP contribution in [0.3, 0.4) is 0 Å². The molecule has 0 aliphatic rings. The Bertz CT molecular complexity index is 966. The van der Waals surface area contributed by atoms with Crippen molar-refractivity contribution in [3.05, 3.63) is 39.7 Å². The van der Waals surface area contributed by atoms with Gasteiger partial charge >= 0.3 is 11.9 Å². The summed E-state index contributed by atoms with van der Waals surface area (Å²) in [6, 6.07) is 4.62. The molecule has 0 radical (unpaired) electrons. The molecule has 0 spiro atoms. The second-order valence-electron chi connectivity index (χ2n) is 6.35. The van der Waals surface area contributed by atoms with Gasteiger partial charge in [-0.2, -0.15) is 0 Å². The molecule has 2 rings (SSSR count). The number of aromatic nitrogens is 1. The molecule has 1 aromatic heterocycles. The fourth-order valence-corrected chi connectivity index (χ4v) is 3.04. The first-order valence-corrected chi connectivity index (χ1v) is 9.15. The fourth-order valence-electron chi connectivity index (χ4n) is 3.04. The number of methoxy groups -OCH3 is 1. The highest BCUT2D eigenvalue weighted by Gasteiger charge is 2.29. The van der Waals surface area contributed by atoms with Crippen LogP contribution in [0.1, 0.15) is 53.3 Å². The number of carbonyl (C=O) groups is 2. The molecule has 2 aromatic rings. The van der Waals surface area contributed by atoms with E-state index in [9.17, 15) is 24.6 Å². The number of unbranched alkanes of at least 4 members (excludes halogenated alkanes) is 3. The van der Waals surface area contributed by atoms with Gasteiger partial charge in [0.1, 0.15) is 16.9 Å². The molecule has 0 unspecified atom stereocenters. The summed E-state index contributed by atoms with van der Waals surface area (Å²) < 4.78 is 11.2. The molecule has 1 aromatic carbocycles. The Kier molecular flexibility index (Phi) is 7.24. The summed E-state index contributed by atoms with van der Waals surface area (Å²) in [6.07, 6.45) is 3.79. The number of para-hydroxylation sites is 1. The van der Waals surface area contributed by atoms with E-state index < -0.39 is 34.4 Å². The quantitative estimate of drug-likeness (QED) is 0.441. The van der Waals surface area contributed by atoms with Crippen molar-refractivity contribution in [2.45, 2.75) is 32.6 Å². The molecule has 0 amide bonds. The Hall–Kier alpha value is -3.49. The zero-order chi connectivity index (χ0) is 21.6. The number of benzene rings is 1. The van der Waals surface area contributed by atoms with Gasteiger partial charge in [-0.3, -0.25) is 4.79 Å². The monoisotopic (exact) mass is 404 g/mol. The van der Waals surface area contributed by atoms with Crippen LogP contribution in [0.2, 0.25) is 0 Å². The summed E-state index contributed by atoms with van der Waals surface area (Å²) in [7, 11) is 1.41. The Balaban J connectivity index is 2.72. The van der Waals surface area contributed by atoms with Crippen LogP contribution in [-0.4, -0.2) is 40.9 Å². The lowest BCUT2D eigenvalue weighted by atomic mass is 9.94. The third-order valence-electron chi connectivity index (χ3n) is 4.38.